The van der Waals surface area contributed by atoms with Crippen LogP contribution in [0.15, 0.2) is 72.9 Å². The molecule has 1 heterocycles. The predicted octanol–water partition coefficient (Wildman–Crippen LogP) is 3.49. The van der Waals surface area contributed by atoms with E-state index in [4.69, 9.17) is 0 Å². The summed E-state index contributed by atoms with van der Waals surface area (Å²) in [7, 11) is 0. The normalized spacial score (nSPS) is 10.8. The van der Waals surface area contributed by atoms with Crippen molar-refractivity contribution >= 4 is 23.5 Å². The van der Waals surface area contributed by atoms with Crippen LogP contribution in [-0.2, 0) is 11.3 Å². The fourth-order valence-electron chi connectivity index (χ4n) is 2.37. The molecule has 1 aromatic heterocycles. The van der Waals surface area contributed by atoms with Gasteiger partial charge in [-0.2, -0.15) is 5.10 Å². The number of non-ortho nitro benzene ring substituents is 1. The first-order chi connectivity index (χ1) is 12.6. The molecule has 0 radical (unpaired) electrons. The summed E-state index contributed by atoms with van der Waals surface area (Å²) in [4.78, 5) is 22.3. The molecule has 26 heavy (non-hydrogen) atoms. The van der Waals surface area contributed by atoms with Gasteiger partial charge >= 0.3 is 0 Å². The highest BCUT2D eigenvalue weighted by Crippen LogP contribution is 2.13. The summed E-state index contributed by atoms with van der Waals surface area (Å²) >= 11 is 0. The Morgan fingerprint density at radius 1 is 1.12 bits per heavy atom. The summed E-state index contributed by atoms with van der Waals surface area (Å²) in [5, 5.41) is 17.6. The summed E-state index contributed by atoms with van der Waals surface area (Å²) in [6.07, 6.45) is 4.59. The van der Waals surface area contributed by atoms with E-state index in [0.29, 0.717) is 17.9 Å². The van der Waals surface area contributed by atoms with E-state index in [0.717, 1.165) is 5.56 Å². The molecule has 0 aliphatic heterocycles. The fraction of sp³-hybridized carbons (Fsp3) is 0.0526. The van der Waals surface area contributed by atoms with E-state index in [1.165, 1.54) is 18.2 Å². The van der Waals surface area contributed by atoms with Gasteiger partial charge < -0.3 is 5.32 Å². The highest BCUT2D eigenvalue weighted by Gasteiger charge is 2.06. The maximum atomic E-state index is 12.1. The average molecular weight is 348 g/mol. The Balaban J connectivity index is 1.63. The summed E-state index contributed by atoms with van der Waals surface area (Å²) in [6, 6.07) is 17.5. The summed E-state index contributed by atoms with van der Waals surface area (Å²) in [5.74, 6) is 0.283. The number of amides is 1. The van der Waals surface area contributed by atoms with Gasteiger partial charge in [-0.15, -0.1) is 0 Å². The van der Waals surface area contributed by atoms with Crippen LogP contribution in [0.2, 0.25) is 0 Å². The van der Waals surface area contributed by atoms with Gasteiger partial charge in [-0.25, -0.2) is 4.68 Å². The number of nitrogens with one attached hydrogen (secondary N) is 1. The Labute approximate surface area is 149 Å². The van der Waals surface area contributed by atoms with Crippen LogP contribution in [0.5, 0.6) is 0 Å². The van der Waals surface area contributed by atoms with Gasteiger partial charge in [0.25, 0.3) is 5.69 Å². The minimum absolute atomic E-state index is 0.0106. The third kappa shape index (κ3) is 4.41. The van der Waals surface area contributed by atoms with Crippen molar-refractivity contribution in [2.45, 2.75) is 6.54 Å². The van der Waals surface area contributed by atoms with E-state index in [-0.39, 0.29) is 11.6 Å². The Hall–Kier alpha value is -3.74. The summed E-state index contributed by atoms with van der Waals surface area (Å²) < 4.78 is 1.70. The van der Waals surface area contributed by atoms with Crippen molar-refractivity contribution in [1.82, 2.24) is 9.78 Å². The maximum absolute atomic E-state index is 12.1. The highest BCUT2D eigenvalue weighted by atomic mass is 16.6. The van der Waals surface area contributed by atoms with Crippen LogP contribution in [0.25, 0.3) is 6.08 Å². The first kappa shape index (κ1) is 17.1. The number of hydrogen-bond acceptors (Lipinski definition) is 4. The van der Waals surface area contributed by atoms with E-state index in [1.807, 2.05) is 30.3 Å². The lowest BCUT2D eigenvalue weighted by atomic mass is 10.2. The molecule has 0 fully saturated rings. The summed E-state index contributed by atoms with van der Waals surface area (Å²) in [6.45, 7) is 0.551. The number of carbonyl (C=O) groups excluding carboxylic acids is 1. The highest BCUT2D eigenvalue weighted by molar-refractivity contribution is 6.01. The molecule has 0 atom stereocenters. The zero-order valence-corrected chi connectivity index (χ0v) is 13.8. The smallest absolute Gasteiger partial charge is 0.269 e. The van der Waals surface area contributed by atoms with Crippen LogP contribution < -0.4 is 5.32 Å². The zero-order valence-electron chi connectivity index (χ0n) is 13.8. The van der Waals surface area contributed by atoms with Crippen molar-refractivity contribution in [3.05, 3.63) is 94.2 Å². The van der Waals surface area contributed by atoms with Gasteiger partial charge in [0.2, 0.25) is 5.91 Å². The molecule has 1 N–H and O–H groups in total. The van der Waals surface area contributed by atoms with Crippen molar-refractivity contribution in [2.24, 2.45) is 0 Å². The number of carbonyl (C=O) groups is 1. The first-order valence-corrected chi connectivity index (χ1v) is 7.91. The van der Waals surface area contributed by atoms with Gasteiger partial charge in [-0.3, -0.25) is 14.9 Å². The minimum atomic E-state index is -0.464. The van der Waals surface area contributed by atoms with Crippen LogP contribution in [0.3, 0.4) is 0 Å². The molecule has 7 nitrogen and oxygen atoms in total. The lowest BCUT2D eigenvalue weighted by Gasteiger charge is -2.07. The van der Waals surface area contributed by atoms with Crippen LogP contribution in [-0.4, -0.2) is 20.6 Å². The van der Waals surface area contributed by atoms with Gasteiger partial charge in [-0.1, -0.05) is 30.3 Å². The molecule has 0 aliphatic carbocycles. The molecule has 7 heteroatoms. The molecule has 0 bridgehead atoms. The minimum Gasteiger partial charge on any atom is -0.307 e. The third-order valence-corrected chi connectivity index (χ3v) is 3.67. The second-order valence-corrected chi connectivity index (χ2v) is 5.53. The second kappa shape index (κ2) is 7.89. The monoisotopic (exact) mass is 348 g/mol. The summed E-state index contributed by atoms with van der Waals surface area (Å²) in [5.41, 5.74) is 1.79. The van der Waals surface area contributed by atoms with Crippen molar-refractivity contribution < 1.29 is 9.72 Å². The van der Waals surface area contributed by atoms with E-state index in [1.54, 1.807) is 35.2 Å². The quantitative estimate of drug-likeness (QED) is 0.419. The molecule has 1 amide bonds. The molecule has 3 rings (SSSR count). The number of nitro groups is 1. The number of aromatic nitrogens is 2. The molecule has 130 valence electrons. The number of benzene rings is 2. The van der Waals surface area contributed by atoms with E-state index in [9.17, 15) is 14.9 Å². The van der Waals surface area contributed by atoms with Crippen molar-refractivity contribution in [2.75, 3.05) is 5.32 Å². The topological polar surface area (TPSA) is 90.1 Å². The fourth-order valence-corrected chi connectivity index (χ4v) is 2.37. The molecule has 3 aromatic rings. The van der Waals surface area contributed by atoms with Crippen molar-refractivity contribution in [3.63, 3.8) is 0 Å². The Bertz CT molecular complexity index is 931. The maximum Gasteiger partial charge on any atom is 0.269 e. The lowest BCUT2D eigenvalue weighted by molar-refractivity contribution is -0.384. The zero-order chi connectivity index (χ0) is 18.4. The molecule has 0 saturated carbocycles. The largest absolute Gasteiger partial charge is 0.307 e. The molecular weight excluding hydrogens is 332 g/mol. The Morgan fingerprint density at radius 3 is 2.54 bits per heavy atom. The first-order valence-electron chi connectivity index (χ1n) is 7.91. The molecule has 2 aromatic carbocycles. The number of nitro benzene ring substituents is 1. The van der Waals surface area contributed by atoms with Gasteiger partial charge in [-0.05, 0) is 29.3 Å². The molecule has 0 aliphatic rings. The molecule has 0 saturated heterocycles. The Kier molecular flexibility index (Phi) is 5.19. The predicted molar refractivity (Wildman–Crippen MR) is 98.5 cm³/mol. The van der Waals surface area contributed by atoms with E-state index < -0.39 is 4.92 Å². The second-order valence-electron chi connectivity index (χ2n) is 5.53. The Morgan fingerprint density at radius 2 is 1.85 bits per heavy atom. The van der Waals surface area contributed by atoms with E-state index in [2.05, 4.69) is 10.4 Å². The van der Waals surface area contributed by atoms with E-state index >= 15 is 0 Å². The number of hydrogen-bond donors (Lipinski definition) is 1. The molecule has 0 spiro atoms. The van der Waals surface area contributed by atoms with Gasteiger partial charge in [0.05, 0.1) is 17.7 Å². The van der Waals surface area contributed by atoms with Gasteiger partial charge in [0, 0.05) is 24.3 Å². The third-order valence-electron chi connectivity index (χ3n) is 3.67. The van der Waals surface area contributed by atoms with Crippen LogP contribution in [0, 0.1) is 10.1 Å². The standard InChI is InChI=1S/C19H16N4O3/c24-19(11-8-15-6-9-17(10-7-15)23(25)26)21-18-12-13-20-22(18)14-16-4-2-1-3-5-16/h1-13H,14H2,(H,21,24)/b11-8+. The van der Waals surface area contributed by atoms with Crippen LogP contribution in [0.4, 0.5) is 11.5 Å². The molecular formula is C19H16N4O3. The van der Waals surface area contributed by atoms with Crippen molar-refractivity contribution in [1.29, 1.82) is 0 Å². The number of rotatable bonds is 6. The van der Waals surface area contributed by atoms with Crippen molar-refractivity contribution in [3.8, 4) is 0 Å². The number of nitrogens with zero attached hydrogens (tertiary/aromatic N) is 3. The number of anilines is 1. The average Bonchev–Trinajstić information content (AvgIpc) is 3.08. The van der Waals surface area contributed by atoms with Gasteiger partial charge in [0.15, 0.2) is 0 Å². The lowest BCUT2D eigenvalue weighted by Crippen LogP contribution is -2.13. The SMILES string of the molecule is O=C(/C=C/c1ccc([N+](=O)[O-])cc1)Nc1ccnn1Cc1ccccc1. The van der Waals surface area contributed by atoms with Crippen LogP contribution >= 0.6 is 0 Å². The van der Waals surface area contributed by atoms with Gasteiger partial charge in [0.1, 0.15) is 5.82 Å². The molecule has 0 unspecified atom stereocenters. The van der Waals surface area contributed by atoms with Crippen LogP contribution in [0.1, 0.15) is 11.1 Å².